The molecule has 89 valence electrons. The Morgan fingerprint density at radius 2 is 2.00 bits per heavy atom. The van der Waals surface area contributed by atoms with Crippen LogP contribution in [0.5, 0.6) is 0 Å². The van der Waals surface area contributed by atoms with E-state index in [4.69, 9.17) is 0 Å². The van der Waals surface area contributed by atoms with Crippen molar-refractivity contribution in [3.05, 3.63) is 0 Å². The molecule has 1 amide bonds. The van der Waals surface area contributed by atoms with Crippen LogP contribution in [0.15, 0.2) is 0 Å². The van der Waals surface area contributed by atoms with Crippen molar-refractivity contribution >= 4 is 6.41 Å². The van der Waals surface area contributed by atoms with E-state index < -0.39 is 0 Å². The number of nitrogens with one attached hydrogen (secondary N) is 1. The summed E-state index contributed by atoms with van der Waals surface area (Å²) in [6.07, 6.45) is 7.82. The lowest BCUT2D eigenvalue weighted by Crippen LogP contribution is -2.40. The Labute approximate surface area is 94.2 Å². The van der Waals surface area contributed by atoms with Crippen molar-refractivity contribution in [2.24, 2.45) is 5.92 Å². The van der Waals surface area contributed by atoms with Crippen LogP contribution in [0.3, 0.4) is 0 Å². The molecule has 0 rings (SSSR count). The van der Waals surface area contributed by atoms with E-state index in [1.807, 2.05) is 6.41 Å². The molecule has 1 radical (unpaired) electrons. The Hall–Kier alpha value is -0.570. The lowest BCUT2D eigenvalue weighted by Gasteiger charge is -2.21. The van der Waals surface area contributed by atoms with Crippen LogP contribution in [-0.4, -0.2) is 24.5 Å². The minimum absolute atomic E-state index is 0.678. The highest BCUT2D eigenvalue weighted by molar-refractivity contribution is 5.46. The van der Waals surface area contributed by atoms with Crippen molar-refractivity contribution < 1.29 is 4.79 Å². The fourth-order valence-corrected chi connectivity index (χ4v) is 1.56. The minimum atomic E-state index is 0.678. The maximum Gasteiger partial charge on any atom is 0.327 e. The molecular formula is C12H25N2O. The van der Waals surface area contributed by atoms with E-state index in [1.165, 1.54) is 30.7 Å². The summed E-state index contributed by atoms with van der Waals surface area (Å²) in [5, 5.41) is 1.54. The summed E-state index contributed by atoms with van der Waals surface area (Å²) in [5.41, 5.74) is 3.14. The van der Waals surface area contributed by atoms with Gasteiger partial charge in [-0.15, -0.1) is 0 Å². The third-order valence-electron chi connectivity index (χ3n) is 2.67. The Morgan fingerprint density at radius 3 is 2.47 bits per heavy atom. The summed E-state index contributed by atoms with van der Waals surface area (Å²) in [5.74, 6) is 0.678. The molecule has 0 aliphatic carbocycles. The fraction of sp³-hybridized carbons (Fsp3) is 0.917. The second kappa shape index (κ2) is 9.97. The summed E-state index contributed by atoms with van der Waals surface area (Å²) in [4.78, 5) is 10.5. The van der Waals surface area contributed by atoms with Crippen molar-refractivity contribution in [3.63, 3.8) is 0 Å². The maximum atomic E-state index is 10.5. The van der Waals surface area contributed by atoms with Gasteiger partial charge in [-0.05, 0) is 18.8 Å². The number of amides is 1. The number of unbranched alkanes of at least 4 members (excludes halogenated alkanes) is 1. The predicted octanol–water partition coefficient (Wildman–Crippen LogP) is 2.49. The van der Waals surface area contributed by atoms with Gasteiger partial charge in [-0.1, -0.05) is 40.0 Å². The standard InChI is InChI=1S/C12H25N2O/c1-4-7-8-12(6-3)10-13-14(11-15)9-5-2/h12-13H,4-10H2,1-3H3. The molecule has 0 fully saturated rings. The van der Waals surface area contributed by atoms with Gasteiger partial charge in [-0.3, -0.25) is 9.80 Å². The molecule has 0 saturated carbocycles. The quantitative estimate of drug-likeness (QED) is 0.446. The van der Waals surface area contributed by atoms with E-state index in [0.29, 0.717) is 5.92 Å². The molecule has 1 N–H and O–H groups in total. The van der Waals surface area contributed by atoms with Crippen molar-refractivity contribution in [3.8, 4) is 0 Å². The molecule has 0 saturated heterocycles. The van der Waals surface area contributed by atoms with E-state index in [-0.39, 0.29) is 0 Å². The van der Waals surface area contributed by atoms with Gasteiger partial charge >= 0.3 is 6.41 Å². The molecule has 3 heteroatoms. The second-order valence-electron chi connectivity index (χ2n) is 4.02. The minimum Gasteiger partial charge on any atom is -0.270 e. The average molecular weight is 213 g/mol. The Kier molecular flexibility index (Phi) is 9.59. The first kappa shape index (κ1) is 14.4. The van der Waals surface area contributed by atoms with Gasteiger partial charge in [0.15, 0.2) is 0 Å². The summed E-state index contributed by atoms with van der Waals surface area (Å²) in [6, 6.07) is 0. The largest absolute Gasteiger partial charge is 0.327 e. The predicted molar refractivity (Wildman–Crippen MR) is 64.0 cm³/mol. The zero-order chi connectivity index (χ0) is 11.5. The molecule has 0 spiro atoms. The Balaban J connectivity index is 3.70. The first-order chi connectivity index (χ1) is 7.28. The SMILES string of the molecule is CCCCC(CC)CNN([C]=O)CCC. The summed E-state index contributed by atoms with van der Waals surface area (Å²) < 4.78 is 0. The van der Waals surface area contributed by atoms with Crippen LogP contribution in [0.2, 0.25) is 0 Å². The smallest absolute Gasteiger partial charge is 0.270 e. The van der Waals surface area contributed by atoms with Crippen LogP contribution in [0.25, 0.3) is 0 Å². The second-order valence-corrected chi connectivity index (χ2v) is 4.02. The fourth-order valence-electron chi connectivity index (χ4n) is 1.56. The first-order valence-corrected chi connectivity index (χ1v) is 6.17. The molecular weight excluding hydrogens is 188 g/mol. The first-order valence-electron chi connectivity index (χ1n) is 6.17. The van der Waals surface area contributed by atoms with Crippen molar-refractivity contribution in [1.82, 2.24) is 10.4 Å². The summed E-state index contributed by atoms with van der Waals surface area (Å²) in [7, 11) is 0. The average Bonchev–Trinajstić information content (AvgIpc) is 2.27. The van der Waals surface area contributed by atoms with Crippen LogP contribution in [0.1, 0.15) is 52.9 Å². The highest BCUT2D eigenvalue weighted by atomic mass is 16.1. The van der Waals surface area contributed by atoms with Crippen LogP contribution in [0, 0.1) is 5.92 Å². The molecule has 0 bridgehead atoms. The van der Waals surface area contributed by atoms with Gasteiger partial charge in [0.1, 0.15) is 0 Å². The number of hydrogen-bond acceptors (Lipinski definition) is 2. The highest BCUT2D eigenvalue weighted by Gasteiger charge is 2.07. The molecule has 0 aromatic rings. The monoisotopic (exact) mass is 213 g/mol. The normalized spacial score (nSPS) is 12.5. The van der Waals surface area contributed by atoms with Crippen LogP contribution < -0.4 is 5.43 Å². The van der Waals surface area contributed by atoms with Gasteiger partial charge in [-0.25, -0.2) is 5.43 Å². The number of nitrogens with zero attached hydrogens (tertiary/aromatic N) is 1. The summed E-state index contributed by atoms with van der Waals surface area (Å²) in [6.45, 7) is 8.11. The third-order valence-corrected chi connectivity index (χ3v) is 2.67. The van der Waals surface area contributed by atoms with Gasteiger partial charge < -0.3 is 0 Å². The van der Waals surface area contributed by atoms with Crippen molar-refractivity contribution in [2.75, 3.05) is 13.1 Å². The molecule has 15 heavy (non-hydrogen) atoms. The lowest BCUT2D eigenvalue weighted by atomic mass is 10.00. The van der Waals surface area contributed by atoms with E-state index in [9.17, 15) is 4.79 Å². The van der Waals surface area contributed by atoms with Gasteiger partial charge in [0, 0.05) is 13.1 Å². The van der Waals surface area contributed by atoms with E-state index >= 15 is 0 Å². The van der Waals surface area contributed by atoms with Gasteiger partial charge in [0.25, 0.3) is 0 Å². The highest BCUT2D eigenvalue weighted by Crippen LogP contribution is 2.11. The number of hydrogen-bond donors (Lipinski definition) is 1. The molecule has 0 aliphatic heterocycles. The Morgan fingerprint density at radius 1 is 1.27 bits per heavy atom. The van der Waals surface area contributed by atoms with Gasteiger partial charge in [0.2, 0.25) is 0 Å². The zero-order valence-corrected chi connectivity index (χ0v) is 10.4. The summed E-state index contributed by atoms with van der Waals surface area (Å²) >= 11 is 0. The molecule has 3 nitrogen and oxygen atoms in total. The molecule has 0 aliphatic rings. The maximum absolute atomic E-state index is 10.5. The topological polar surface area (TPSA) is 32.3 Å². The van der Waals surface area contributed by atoms with Crippen LogP contribution >= 0.6 is 0 Å². The van der Waals surface area contributed by atoms with Crippen molar-refractivity contribution in [1.29, 1.82) is 0 Å². The van der Waals surface area contributed by atoms with E-state index in [2.05, 4.69) is 26.2 Å². The molecule has 0 heterocycles. The lowest BCUT2D eigenvalue weighted by molar-refractivity contribution is 0.255. The van der Waals surface area contributed by atoms with Crippen LogP contribution in [0.4, 0.5) is 0 Å². The number of carbonyl (C=O) groups excluding carboxylic acids is 1. The van der Waals surface area contributed by atoms with Crippen LogP contribution in [-0.2, 0) is 4.79 Å². The molecule has 0 aromatic heterocycles. The van der Waals surface area contributed by atoms with Gasteiger partial charge in [-0.2, -0.15) is 0 Å². The zero-order valence-electron chi connectivity index (χ0n) is 10.4. The van der Waals surface area contributed by atoms with E-state index in [1.54, 1.807) is 0 Å². The number of hydrazine groups is 1. The Bertz CT molecular complexity index is 151. The van der Waals surface area contributed by atoms with E-state index in [0.717, 1.165) is 19.5 Å². The molecule has 1 atom stereocenters. The number of rotatable bonds is 10. The van der Waals surface area contributed by atoms with Crippen molar-refractivity contribution in [2.45, 2.75) is 52.9 Å². The van der Waals surface area contributed by atoms with Gasteiger partial charge in [0.05, 0.1) is 0 Å². The molecule has 0 aromatic carbocycles. The molecule has 1 unspecified atom stereocenters. The third kappa shape index (κ3) is 7.37.